The zero-order valence-corrected chi connectivity index (χ0v) is 17.0. The van der Waals surface area contributed by atoms with Crippen LogP contribution in [0, 0.1) is 6.92 Å². The second-order valence-electron chi connectivity index (χ2n) is 5.88. The minimum absolute atomic E-state index is 0.0328. The molecule has 1 heterocycles. The van der Waals surface area contributed by atoms with Gasteiger partial charge in [-0.25, -0.2) is 8.42 Å². The normalized spacial score (nSPS) is 11.2. The number of halogens is 1. The minimum atomic E-state index is -3.90. The molecule has 8 heteroatoms. The number of anilines is 2. The lowest BCUT2D eigenvalue weighted by molar-refractivity contribution is 0.102. The van der Waals surface area contributed by atoms with Gasteiger partial charge in [-0.3, -0.25) is 9.10 Å². The van der Waals surface area contributed by atoms with Crippen molar-refractivity contribution in [2.45, 2.75) is 11.8 Å². The molecule has 1 aromatic heterocycles. The summed E-state index contributed by atoms with van der Waals surface area (Å²) in [6.45, 7) is 1.95. The number of benzene rings is 2. The van der Waals surface area contributed by atoms with Gasteiger partial charge in [0.2, 0.25) is 0 Å². The predicted molar refractivity (Wildman–Crippen MR) is 110 cm³/mol. The van der Waals surface area contributed by atoms with Crippen molar-refractivity contribution >= 4 is 50.2 Å². The standard InChI is InChI=1S/C19H17ClN2O3S2/c1-13-3-7-15(8-4-13)21-19(23)18-17(11-12-26-18)27(24,25)22(2)16-9-5-14(20)6-10-16/h3-12H,1-2H3,(H,21,23). The molecule has 0 saturated carbocycles. The molecule has 2 aromatic carbocycles. The number of amides is 1. The summed E-state index contributed by atoms with van der Waals surface area (Å²) in [7, 11) is -2.45. The highest BCUT2D eigenvalue weighted by Crippen LogP contribution is 2.29. The summed E-state index contributed by atoms with van der Waals surface area (Å²) in [5.74, 6) is -0.461. The molecule has 5 nitrogen and oxygen atoms in total. The average Bonchev–Trinajstić information content (AvgIpc) is 3.14. The maximum absolute atomic E-state index is 13.0. The number of aryl methyl sites for hydroxylation is 1. The Bertz CT molecular complexity index is 1060. The van der Waals surface area contributed by atoms with Gasteiger partial charge in [0.1, 0.15) is 9.77 Å². The molecule has 0 saturated heterocycles. The van der Waals surface area contributed by atoms with Crippen LogP contribution in [0.15, 0.2) is 64.9 Å². The van der Waals surface area contributed by atoms with Gasteiger partial charge in [-0.15, -0.1) is 11.3 Å². The van der Waals surface area contributed by atoms with Crippen molar-refractivity contribution in [3.05, 3.63) is 75.4 Å². The van der Waals surface area contributed by atoms with Gasteiger partial charge in [-0.1, -0.05) is 29.3 Å². The van der Waals surface area contributed by atoms with E-state index in [1.807, 2.05) is 19.1 Å². The van der Waals surface area contributed by atoms with Crippen molar-refractivity contribution in [3.8, 4) is 0 Å². The Morgan fingerprint density at radius 1 is 1.04 bits per heavy atom. The van der Waals surface area contributed by atoms with Crippen molar-refractivity contribution < 1.29 is 13.2 Å². The second-order valence-corrected chi connectivity index (χ2v) is 9.17. The first-order valence-electron chi connectivity index (χ1n) is 7.99. The highest BCUT2D eigenvalue weighted by molar-refractivity contribution is 7.93. The van der Waals surface area contributed by atoms with Gasteiger partial charge in [0.25, 0.3) is 15.9 Å². The average molecular weight is 421 g/mol. The van der Waals surface area contributed by atoms with Gasteiger partial charge in [0.05, 0.1) is 5.69 Å². The molecule has 0 bridgehead atoms. The molecule has 0 aliphatic heterocycles. The summed E-state index contributed by atoms with van der Waals surface area (Å²) in [5, 5.41) is 4.84. The van der Waals surface area contributed by atoms with E-state index in [4.69, 9.17) is 11.6 Å². The van der Waals surface area contributed by atoms with Crippen LogP contribution in [0.1, 0.15) is 15.2 Å². The zero-order chi connectivity index (χ0) is 19.6. The number of hydrogen-bond acceptors (Lipinski definition) is 4. The smallest absolute Gasteiger partial charge is 0.267 e. The fraction of sp³-hybridized carbons (Fsp3) is 0.105. The van der Waals surface area contributed by atoms with E-state index < -0.39 is 15.9 Å². The van der Waals surface area contributed by atoms with E-state index in [0.29, 0.717) is 16.4 Å². The molecule has 0 atom stereocenters. The first-order valence-corrected chi connectivity index (χ1v) is 10.7. The highest BCUT2D eigenvalue weighted by Gasteiger charge is 2.28. The van der Waals surface area contributed by atoms with E-state index in [-0.39, 0.29) is 9.77 Å². The number of sulfonamides is 1. The first kappa shape index (κ1) is 19.4. The molecule has 140 valence electrons. The molecule has 0 aliphatic carbocycles. The molecule has 0 unspecified atom stereocenters. The summed E-state index contributed by atoms with van der Waals surface area (Å²) in [5.41, 5.74) is 2.13. The number of nitrogens with zero attached hydrogens (tertiary/aromatic N) is 1. The molecule has 1 amide bonds. The van der Waals surface area contributed by atoms with Gasteiger partial charge < -0.3 is 5.32 Å². The molecule has 0 aliphatic rings. The Hall–Kier alpha value is -2.35. The fourth-order valence-electron chi connectivity index (χ4n) is 2.43. The molecule has 0 spiro atoms. The molecule has 1 N–H and O–H groups in total. The minimum Gasteiger partial charge on any atom is -0.321 e. The van der Waals surface area contributed by atoms with Crippen LogP contribution in [0.3, 0.4) is 0 Å². The van der Waals surface area contributed by atoms with Crippen LogP contribution in [-0.4, -0.2) is 21.4 Å². The zero-order valence-electron chi connectivity index (χ0n) is 14.6. The Kier molecular flexibility index (Phi) is 5.55. The van der Waals surface area contributed by atoms with Crippen molar-refractivity contribution in [1.29, 1.82) is 0 Å². The van der Waals surface area contributed by atoms with E-state index in [0.717, 1.165) is 21.2 Å². The maximum atomic E-state index is 13.0. The van der Waals surface area contributed by atoms with Gasteiger partial charge in [0.15, 0.2) is 0 Å². The van der Waals surface area contributed by atoms with Crippen LogP contribution < -0.4 is 9.62 Å². The lowest BCUT2D eigenvalue weighted by Gasteiger charge is -2.19. The monoisotopic (exact) mass is 420 g/mol. The van der Waals surface area contributed by atoms with Gasteiger partial charge in [-0.2, -0.15) is 0 Å². The summed E-state index contributed by atoms with van der Waals surface area (Å²) in [6, 6.07) is 15.2. The lowest BCUT2D eigenvalue weighted by atomic mass is 10.2. The third kappa shape index (κ3) is 4.16. The van der Waals surface area contributed by atoms with E-state index in [9.17, 15) is 13.2 Å². The Morgan fingerprint density at radius 3 is 2.30 bits per heavy atom. The van der Waals surface area contributed by atoms with Gasteiger partial charge in [-0.05, 0) is 54.8 Å². The van der Waals surface area contributed by atoms with E-state index in [1.54, 1.807) is 41.8 Å². The van der Waals surface area contributed by atoms with Gasteiger partial charge >= 0.3 is 0 Å². The van der Waals surface area contributed by atoms with Crippen LogP contribution in [0.2, 0.25) is 5.02 Å². The number of nitrogens with one attached hydrogen (secondary N) is 1. The summed E-state index contributed by atoms with van der Waals surface area (Å²) in [6.07, 6.45) is 0. The van der Waals surface area contributed by atoms with E-state index in [1.165, 1.54) is 13.1 Å². The number of thiophene rings is 1. The third-order valence-electron chi connectivity index (χ3n) is 3.97. The molecular weight excluding hydrogens is 404 g/mol. The Labute approximate surface area is 167 Å². The largest absolute Gasteiger partial charge is 0.321 e. The summed E-state index contributed by atoms with van der Waals surface area (Å²) < 4.78 is 27.2. The predicted octanol–water partition coefficient (Wildman–Crippen LogP) is 4.79. The molecule has 3 rings (SSSR count). The molecule has 27 heavy (non-hydrogen) atoms. The number of carbonyl (C=O) groups excluding carboxylic acids is 1. The van der Waals surface area contributed by atoms with E-state index in [2.05, 4.69) is 5.32 Å². The van der Waals surface area contributed by atoms with Crippen LogP contribution in [0.5, 0.6) is 0 Å². The molecule has 3 aromatic rings. The lowest BCUT2D eigenvalue weighted by Crippen LogP contribution is -2.28. The first-order chi connectivity index (χ1) is 12.8. The van der Waals surface area contributed by atoms with Crippen LogP contribution in [0.4, 0.5) is 11.4 Å². The van der Waals surface area contributed by atoms with Crippen molar-refractivity contribution in [2.24, 2.45) is 0 Å². The molecule has 0 fully saturated rings. The Morgan fingerprint density at radius 2 is 1.67 bits per heavy atom. The third-order valence-corrected chi connectivity index (χ3v) is 7.10. The SMILES string of the molecule is Cc1ccc(NC(=O)c2sccc2S(=O)(=O)N(C)c2ccc(Cl)cc2)cc1. The molecular formula is C19H17ClN2O3S2. The van der Waals surface area contributed by atoms with Crippen LogP contribution >= 0.6 is 22.9 Å². The topological polar surface area (TPSA) is 66.5 Å². The van der Waals surface area contributed by atoms with Crippen LogP contribution in [-0.2, 0) is 10.0 Å². The van der Waals surface area contributed by atoms with Gasteiger partial charge in [0, 0.05) is 17.8 Å². The number of hydrogen-bond donors (Lipinski definition) is 1. The highest BCUT2D eigenvalue weighted by atomic mass is 35.5. The van der Waals surface area contributed by atoms with Crippen molar-refractivity contribution in [3.63, 3.8) is 0 Å². The van der Waals surface area contributed by atoms with Crippen molar-refractivity contribution in [2.75, 3.05) is 16.7 Å². The Balaban J connectivity index is 1.89. The second kappa shape index (κ2) is 7.72. The summed E-state index contributed by atoms with van der Waals surface area (Å²) in [4.78, 5) is 12.7. The fourth-order valence-corrected chi connectivity index (χ4v) is 5.04. The maximum Gasteiger partial charge on any atom is 0.267 e. The van der Waals surface area contributed by atoms with E-state index >= 15 is 0 Å². The van der Waals surface area contributed by atoms with Crippen molar-refractivity contribution in [1.82, 2.24) is 0 Å². The number of carbonyl (C=O) groups is 1. The number of rotatable bonds is 5. The summed E-state index contributed by atoms with van der Waals surface area (Å²) >= 11 is 6.95. The van der Waals surface area contributed by atoms with Crippen LogP contribution in [0.25, 0.3) is 0 Å². The molecule has 0 radical (unpaired) electrons. The quantitative estimate of drug-likeness (QED) is 0.645.